The molecule has 6 heteroatoms. The van der Waals surface area contributed by atoms with E-state index in [-0.39, 0.29) is 10.9 Å². The summed E-state index contributed by atoms with van der Waals surface area (Å²) < 4.78 is 32.8. The van der Waals surface area contributed by atoms with Gasteiger partial charge in [0.05, 0.1) is 0 Å². The molecule has 2 rings (SSSR count). The van der Waals surface area contributed by atoms with Crippen molar-refractivity contribution in [2.45, 2.75) is 43.7 Å². The summed E-state index contributed by atoms with van der Waals surface area (Å²) in [5, 5.41) is 3.33. The molecule has 1 atom stereocenters. The van der Waals surface area contributed by atoms with E-state index in [0.717, 1.165) is 19.4 Å². The van der Waals surface area contributed by atoms with E-state index in [1.807, 2.05) is 0 Å². The third-order valence-corrected chi connectivity index (χ3v) is 4.83. The summed E-state index contributed by atoms with van der Waals surface area (Å²) in [5.41, 5.74) is 0. The number of benzene rings is 1. The van der Waals surface area contributed by atoms with Gasteiger partial charge in [0.2, 0.25) is 10.0 Å². The maximum absolute atomic E-state index is 12.3. The first-order valence-electron chi connectivity index (χ1n) is 6.96. The van der Waals surface area contributed by atoms with Gasteiger partial charge in [0.25, 0.3) is 0 Å². The summed E-state index contributed by atoms with van der Waals surface area (Å²) in [4.78, 5) is 0.201. The summed E-state index contributed by atoms with van der Waals surface area (Å²) in [5.74, 6) is 0.411. The number of hydrogen-bond acceptors (Lipinski definition) is 4. The number of ether oxygens (including phenoxy) is 1. The predicted octanol–water partition coefficient (Wildman–Crippen LogP) is 1.50. The maximum atomic E-state index is 12.3. The van der Waals surface area contributed by atoms with Gasteiger partial charge in [0.1, 0.15) is 17.3 Å². The van der Waals surface area contributed by atoms with Crippen molar-refractivity contribution in [3.8, 4) is 5.75 Å². The normalized spacial score (nSPS) is 19.4. The quantitative estimate of drug-likeness (QED) is 0.835. The van der Waals surface area contributed by atoms with Gasteiger partial charge in [-0.3, -0.25) is 0 Å². The Hall–Kier alpha value is -1.11. The van der Waals surface area contributed by atoms with Gasteiger partial charge in [-0.15, -0.1) is 0 Å². The van der Waals surface area contributed by atoms with E-state index in [0.29, 0.717) is 18.4 Å². The number of nitrogens with one attached hydrogen (secondary N) is 2. The molecule has 1 aliphatic rings. The van der Waals surface area contributed by atoms with Crippen LogP contribution >= 0.6 is 0 Å². The first-order valence-corrected chi connectivity index (χ1v) is 8.45. The van der Waals surface area contributed by atoms with Crippen LogP contribution in [0.25, 0.3) is 0 Å². The molecular weight excluding hydrogens is 276 g/mol. The lowest BCUT2D eigenvalue weighted by atomic mass is 10.2. The van der Waals surface area contributed by atoms with Crippen LogP contribution in [-0.4, -0.2) is 33.7 Å². The molecule has 1 heterocycles. The van der Waals surface area contributed by atoms with E-state index in [2.05, 4.69) is 10.0 Å². The smallest absolute Gasteiger partial charge is 0.244 e. The lowest BCUT2D eigenvalue weighted by Crippen LogP contribution is -2.31. The molecule has 0 radical (unpaired) electrons. The molecule has 1 aromatic rings. The number of rotatable bonds is 6. The molecular formula is C14H22N2O3S. The summed E-state index contributed by atoms with van der Waals surface area (Å²) in [7, 11) is -3.53. The van der Waals surface area contributed by atoms with Crippen LogP contribution in [0.4, 0.5) is 0 Å². The topological polar surface area (TPSA) is 67.4 Å². The van der Waals surface area contributed by atoms with Crippen LogP contribution in [0.15, 0.2) is 29.2 Å². The second kappa shape index (κ2) is 6.56. The van der Waals surface area contributed by atoms with Gasteiger partial charge in [-0.05, 0) is 45.4 Å². The van der Waals surface area contributed by atoms with Crippen molar-refractivity contribution < 1.29 is 13.2 Å². The molecule has 1 aliphatic heterocycles. The van der Waals surface area contributed by atoms with E-state index in [1.54, 1.807) is 38.1 Å². The van der Waals surface area contributed by atoms with Crippen molar-refractivity contribution in [1.29, 1.82) is 0 Å². The fraction of sp³-hybridized carbons (Fsp3) is 0.571. The molecule has 0 aromatic heterocycles. The minimum Gasteiger partial charge on any atom is -0.491 e. The van der Waals surface area contributed by atoms with Crippen molar-refractivity contribution in [3.05, 3.63) is 24.3 Å². The van der Waals surface area contributed by atoms with Gasteiger partial charge in [0, 0.05) is 12.1 Å². The van der Waals surface area contributed by atoms with Crippen molar-refractivity contribution >= 4 is 10.0 Å². The third-order valence-electron chi connectivity index (χ3n) is 3.13. The van der Waals surface area contributed by atoms with E-state index in [9.17, 15) is 8.42 Å². The molecule has 20 heavy (non-hydrogen) atoms. The number of para-hydroxylation sites is 1. The largest absolute Gasteiger partial charge is 0.491 e. The molecule has 112 valence electrons. The molecule has 1 fully saturated rings. The Balaban J connectivity index is 2.13. The number of hydrogen-bond donors (Lipinski definition) is 2. The van der Waals surface area contributed by atoms with Gasteiger partial charge in [-0.25, -0.2) is 13.1 Å². The Kier molecular flexibility index (Phi) is 5.01. The summed E-state index contributed by atoms with van der Waals surface area (Å²) in [6, 6.07) is 6.92. The van der Waals surface area contributed by atoms with E-state index in [4.69, 9.17) is 4.74 Å². The SMILES string of the molecule is CC(C)NS(=O)(=O)c1ccccc1OCC1CCCN1. The average molecular weight is 298 g/mol. The van der Waals surface area contributed by atoms with Crippen molar-refractivity contribution in [2.24, 2.45) is 0 Å². The van der Waals surface area contributed by atoms with Crippen molar-refractivity contribution in [3.63, 3.8) is 0 Å². The Morgan fingerprint density at radius 1 is 1.40 bits per heavy atom. The van der Waals surface area contributed by atoms with Gasteiger partial charge in [0.15, 0.2) is 0 Å². The summed E-state index contributed by atoms with van der Waals surface area (Å²) in [6.45, 7) is 5.09. The predicted molar refractivity (Wildman–Crippen MR) is 78.4 cm³/mol. The summed E-state index contributed by atoms with van der Waals surface area (Å²) >= 11 is 0. The van der Waals surface area contributed by atoms with Crippen LogP contribution in [0.5, 0.6) is 5.75 Å². The monoisotopic (exact) mass is 298 g/mol. The second-order valence-electron chi connectivity index (χ2n) is 5.33. The standard InChI is InChI=1S/C14H22N2O3S/c1-11(2)16-20(17,18)14-8-4-3-7-13(14)19-10-12-6-5-9-15-12/h3-4,7-8,11-12,15-16H,5-6,9-10H2,1-2H3. The highest BCUT2D eigenvalue weighted by molar-refractivity contribution is 7.89. The average Bonchev–Trinajstić information content (AvgIpc) is 2.88. The van der Waals surface area contributed by atoms with Gasteiger partial charge < -0.3 is 10.1 Å². The van der Waals surface area contributed by atoms with E-state index >= 15 is 0 Å². The molecule has 1 saturated heterocycles. The number of sulfonamides is 1. The lowest BCUT2D eigenvalue weighted by molar-refractivity contribution is 0.270. The van der Waals surface area contributed by atoms with Crippen molar-refractivity contribution in [1.82, 2.24) is 10.0 Å². The van der Waals surface area contributed by atoms with Gasteiger partial charge >= 0.3 is 0 Å². The molecule has 0 aliphatic carbocycles. The molecule has 2 N–H and O–H groups in total. The third kappa shape index (κ3) is 3.94. The Bertz CT molecular complexity index is 537. The first kappa shape index (κ1) is 15.3. The van der Waals surface area contributed by atoms with Gasteiger partial charge in [-0.1, -0.05) is 12.1 Å². The molecule has 5 nitrogen and oxygen atoms in total. The highest BCUT2D eigenvalue weighted by Gasteiger charge is 2.21. The Labute approximate surface area is 120 Å². The van der Waals surface area contributed by atoms with Crippen LogP contribution in [0, 0.1) is 0 Å². The fourth-order valence-corrected chi connectivity index (χ4v) is 3.65. The maximum Gasteiger partial charge on any atom is 0.244 e. The first-order chi connectivity index (χ1) is 9.49. The van der Waals surface area contributed by atoms with Crippen LogP contribution in [-0.2, 0) is 10.0 Å². The zero-order valence-electron chi connectivity index (χ0n) is 11.9. The summed E-state index contributed by atoms with van der Waals surface area (Å²) in [6.07, 6.45) is 2.21. The zero-order chi connectivity index (χ0) is 14.6. The highest BCUT2D eigenvalue weighted by Crippen LogP contribution is 2.24. The van der Waals surface area contributed by atoms with Crippen LogP contribution < -0.4 is 14.8 Å². The van der Waals surface area contributed by atoms with Crippen molar-refractivity contribution in [2.75, 3.05) is 13.2 Å². The Morgan fingerprint density at radius 3 is 2.80 bits per heavy atom. The van der Waals surface area contributed by atoms with E-state index < -0.39 is 10.0 Å². The van der Waals surface area contributed by atoms with Crippen LogP contribution in [0.2, 0.25) is 0 Å². The van der Waals surface area contributed by atoms with E-state index in [1.165, 1.54) is 0 Å². The molecule has 0 amide bonds. The molecule has 0 spiro atoms. The molecule has 1 aromatic carbocycles. The van der Waals surface area contributed by atoms with Gasteiger partial charge in [-0.2, -0.15) is 0 Å². The lowest BCUT2D eigenvalue weighted by Gasteiger charge is -2.16. The highest BCUT2D eigenvalue weighted by atomic mass is 32.2. The van der Waals surface area contributed by atoms with Crippen LogP contribution in [0.1, 0.15) is 26.7 Å². The molecule has 0 bridgehead atoms. The minimum absolute atomic E-state index is 0.149. The zero-order valence-corrected chi connectivity index (χ0v) is 12.7. The Morgan fingerprint density at radius 2 is 2.15 bits per heavy atom. The molecule has 0 saturated carbocycles. The fourth-order valence-electron chi connectivity index (χ4n) is 2.25. The molecule has 1 unspecified atom stereocenters. The second-order valence-corrected chi connectivity index (χ2v) is 7.01. The van der Waals surface area contributed by atoms with Crippen LogP contribution in [0.3, 0.4) is 0 Å². The minimum atomic E-state index is -3.53.